The fraction of sp³-hybridized carbons (Fsp3) is 0.642. The zero-order chi connectivity index (χ0) is 103. The van der Waals surface area contributed by atoms with Crippen molar-refractivity contribution in [2.75, 3.05) is 16.0 Å². The number of anilines is 3. The van der Waals surface area contributed by atoms with Crippen LogP contribution in [0.2, 0.25) is 4.34 Å². The molecule has 24 heteroatoms. The Morgan fingerprint density at radius 1 is 0.338 bits per heavy atom. The molecule has 19 nitrogen and oxygen atoms in total. The summed E-state index contributed by atoms with van der Waals surface area (Å²) < 4.78 is 6.75. The van der Waals surface area contributed by atoms with Crippen molar-refractivity contribution in [3.63, 3.8) is 0 Å². The molecule has 133 heavy (non-hydrogen) atoms. The summed E-state index contributed by atoms with van der Waals surface area (Å²) in [6.45, 7) is 110. The Morgan fingerprint density at radius 2 is 0.827 bits per heavy atom. The third kappa shape index (κ3) is 49.2. The van der Waals surface area contributed by atoms with Crippen LogP contribution in [0.15, 0.2) is 120 Å². The van der Waals surface area contributed by atoms with Crippen LogP contribution in [0.5, 0.6) is 0 Å². The third-order valence-corrected chi connectivity index (χ3v) is 23.4. The number of aromatic nitrogens is 16. The van der Waals surface area contributed by atoms with E-state index in [0.717, 1.165) is 60.4 Å². The van der Waals surface area contributed by atoms with Crippen molar-refractivity contribution in [1.82, 2.24) is 79.2 Å². The molecular formula is C109H184ClN19S4. The lowest BCUT2D eigenvalue weighted by atomic mass is 9.91. The predicted molar refractivity (Wildman–Crippen MR) is 583 cm³/mol. The van der Waals surface area contributed by atoms with Crippen molar-refractivity contribution in [2.45, 2.75) is 461 Å². The molecule has 0 unspecified atom stereocenters. The molecule has 0 amide bonds. The van der Waals surface area contributed by atoms with Crippen molar-refractivity contribution < 1.29 is 0 Å². The Balaban J connectivity index is 0.000000733. The lowest BCUT2D eigenvalue weighted by Gasteiger charge is -2.19. The predicted octanol–water partition coefficient (Wildman–Crippen LogP) is 32.3. The molecule has 0 spiro atoms. The van der Waals surface area contributed by atoms with Gasteiger partial charge in [0.05, 0.1) is 66.6 Å². The number of hydrogen-bond donors (Lipinski definition) is 3. The van der Waals surface area contributed by atoms with Gasteiger partial charge in [-0.15, -0.1) is 34.0 Å². The zero-order valence-electron chi connectivity index (χ0n) is 92.8. The van der Waals surface area contributed by atoms with Gasteiger partial charge in [0.1, 0.15) is 16.0 Å². The molecule has 0 bridgehead atoms. The smallest absolute Gasteiger partial charge is 0.184 e. The minimum atomic E-state index is 0.0183. The molecular weight excluding hydrogens is 1740 g/mol. The summed E-state index contributed by atoms with van der Waals surface area (Å²) in [4.78, 5) is 44.4. The molecule has 11 rings (SSSR count). The van der Waals surface area contributed by atoms with Crippen LogP contribution in [0.25, 0.3) is 0 Å². The van der Waals surface area contributed by atoms with E-state index < -0.39 is 0 Å². The van der Waals surface area contributed by atoms with E-state index in [1.165, 1.54) is 55.5 Å². The van der Waals surface area contributed by atoms with Gasteiger partial charge in [-0.25, -0.2) is 34.9 Å². The lowest BCUT2D eigenvalue weighted by molar-refractivity contribution is 0.352. The average Bonchev–Trinajstić information content (AvgIpc) is 1.68. The SMILES string of the molecule is CC(C)(C)n1cccn1.CC(C)Nc1cccc(C(C)(C)C)n1.CC(C)Nc1nc(C(C)(C)C)c(Cl)s1.CC(C)Nc1nc(C(C)(C)C)cs1.CC(C)c1cccc(C(C)(C)C)n1.CC(C)c1ccn(C(C)(C)C)n1.CC(C)c1csc(C(C)(C)C)n1.CC(C)c1nc(C(C)(C)C)cs1.CC(C)n1ccc(C(C)(C)C)n1.Cc1ccnc(C(C)(C)C)n1.Cc1cncc(C(C)(C)C)n1. The van der Waals surface area contributed by atoms with E-state index in [2.05, 4.69) is 485 Å². The van der Waals surface area contributed by atoms with Crippen molar-refractivity contribution in [2.24, 2.45) is 0 Å². The van der Waals surface area contributed by atoms with Crippen molar-refractivity contribution in [3.05, 3.63) is 209 Å². The molecule has 0 saturated heterocycles. The Morgan fingerprint density at radius 3 is 1.16 bits per heavy atom. The maximum atomic E-state index is 6.13. The highest BCUT2D eigenvalue weighted by molar-refractivity contribution is 7.19. The summed E-state index contributed by atoms with van der Waals surface area (Å²) in [6.07, 6.45) is 13.3. The number of aryl methyl sites for hydroxylation is 2. The molecule has 0 aromatic carbocycles. The Bertz CT molecular complexity index is 4740. The average molecular weight is 1920 g/mol. The number of halogens is 1. The van der Waals surface area contributed by atoms with E-state index in [0.29, 0.717) is 47.8 Å². The topological polar surface area (TPSA) is 218 Å². The number of nitrogens with zero attached hydrogens (tertiary/aromatic N) is 16. The van der Waals surface area contributed by atoms with E-state index in [-0.39, 0.29) is 59.8 Å². The van der Waals surface area contributed by atoms with Crippen molar-refractivity contribution in [1.29, 1.82) is 0 Å². The van der Waals surface area contributed by atoms with Crippen LogP contribution in [0.3, 0.4) is 0 Å². The summed E-state index contributed by atoms with van der Waals surface area (Å²) in [5, 5.41) is 33.9. The number of hydrogen-bond acceptors (Lipinski definition) is 20. The van der Waals surface area contributed by atoms with E-state index in [4.69, 9.17) is 11.6 Å². The first-order valence-corrected chi connectivity index (χ1v) is 51.6. The lowest BCUT2D eigenvalue weighted by Crippen LogP contribution is -2.22. The summed E-state index contributed by atoms with van der Waals surface area (Å²) in [5.41, 5.74) is 14.9. The maximum absolute atomic E-state index is 6.13. The van der Waals surface area contributed by atoms with Crippen molar-refractivity contribution in [3.8, 4) is 0 Å². The maximum Gasteiger partial charge on any atom is 0.184 e. The first kappa shape index (κ1) is 123. The molecule has 0 saturated carbocycles. The van der Waals surface area contributed by atoms with Crippen LogP contribution in [0.1, 0.15) is 453 Å². The van der Waals surface area contributed by atoms with Gasteiger partial charge in [0, 0.05) is 161 Å². The molecule has 0 aliphatic heterocycles. The summed E-state index contributed by atoms with van der Waals surface area (Å²) >= 11 is 12.9. The molecule has 0 aliphatic carbocycles. The van der Waals surface area contributed by atoms with Crippen LogP contribution in [-0.2, 0) is 59.8 Å². The Hall–Kier alpha value is -7.70. The van der Waals surface area contributed by atoms with Gasteiger partial charge in [0.2, 0.25) is 0 Å². The van der Waals surface area contributed by atoms with Crippen LogP contribution in [-0.4, -0.2) is 97.3 Å². The molecule has 3 N–H and O–H groups in total. The summed E-state index contributed by atoms with van der Waals surface area (Å²) in [6, 6.07) is 22.2. The van der Waals surface area contributed by atoms with E-state index >= 15 is 0 Å². The number of nitrogens with one attached hydrogen (secondary N) is 3. The Labute approximate surface area is 831 Å². The fourth-order valence-electron chi connectivity index (χ4n) is 10.6. The van der Waals surface area contributed by atoms with Gasteiger partial charge in [-0.05, 0) is 177 Å². The number of rotatable bonds is 11. The number of pyridine rings is 2. The van der Waals surface area contributed by atoms with Crippen LogP contribution >= 0.6 is 56.9 Å². The second-order valence-electron chi connectivity index (χ2n) is 47.8. The quantitative estimate of drug-likeness (QED) is 0.110. The van der Waals surface area contributed by atoms with E-state index in [1.54, 1.807) is 46.4 Å². The molecule has 0 fully saturated rings. The Kier molecular flexibility index (Phi) is 49.4. The second-order valence-corrected chi connectivity index (χ2v) is 52.0. The highest BCUT2D eigenvalue weighted by Crippen LogP contribution is 2.37. The van der Waals surface area contributed by atoms with Gasteiger partial charge in [-0.1, -0.05) is 277 Å². The first-order chi connectivity index (χ1) is 60.2. The van der Waals surface area contributed by atoms with Gasteiger partial charge in [0.15, 0.2) is 10.3 Å². The molecule has 746 valence electrons. The van der Waals surface area contributed by atoms with Crippen LogP contribution in [0.4, 0.5) is 16.1 Å². The molecule has 11 aromatic heterocycles. The van der Waals surface area contributed by atoms with Crippen LogP contribution in [0, 0.1) is 13.8 Å². The van der Waals surface area contributed by atoms with Gasteiger partial charge >= 0.3 is 0 Å². The molecule has 0 aliphatic rings. The minimum Gasteiger partial charge on any atom is -0.368 e. The third-order valence-electron chi connectivity index (χ3n) is 19.0. The first-order valence-electron chi connectivity index (χ1n) is 47.8. The normalized spacial score (nSPS) is 12.2. The van der Waals surface area contributed by atoms with Crippen LogP contribution < -0.4 is 16.0 Å². The van der Waals surface area contributed by atoms with E-state index in [1.807, 2.05) is 70.9 Å². The fourth-order valence-corrected chi connectivity index (χ4v) is 15.4. The summed E-state index contributed by atoms with van der Waals surface area (Å²) in [7, 11) is 0. The van der Waals surface area contributed by atoms with Gasteiger partial charge in [0.25, 0.3) is 0 Å². The monoisotopic (exact) mass is 1920 g/mol. The van der Waals surface area contributed by atoms with Gasteiger partial charge < -0.3 is 16.0 Å². The van der Waals surface area contributed by atoms with Crippen molar-refractivity contribution >= 4 is 73.0 Å². The van der Waals surface area contributed by atoms with E-state index in [9.17, 15) is 0 Å². The minimum absolute atomic E-state index is 0.0183. The number of thiazole rings is 4. The molecule has 0 atom stereocenters. The highest BCUT2D eigenvalue weighted by Gasteiger charge is 2.26. The molecule has 11 aromatic rings. The highest BCUT2D eigenvalue weighted by atomic mass is 35.5. The standard InChI is InChI=1S/C12H20N2.C12H19N.C10H17ClN2S.C10H18N2S.2C10H18N2.2C10H17NS.2C9H14N2.C7H12N2/c1-9(2)13-11-8-6-7-10(14-11)12(3,4)5;1-9(2)10-7-6-8-11(13-10)12(3,4)5;1-6(2)12-9-13-7(8(11)14-9)10(3,4)5;1-7(2)11-9-12-8(6-13-9)10(3,4)5;1-8(2)12-7-6-9(11-12)10(3,4)5;1-8(2)9-6-7-12(11-9)10(3,4)5;1-7(2)9-11-8(6-12-9)10(3,4)5;1-7(2)8-6-12-9(11-8)10(3,4)5;1-7-5-10-6-8(11-7)9(2,3)4;1-7-5-6-10-8(11-7)9(2,3)4;1-7(2,3)9-6-4-5-8-9/h6-9H,1-5H3,(H,13,14);6-9H,1-5H3;6H,1-5H3,(H,12,13);6-7H,1-5H3,(H,11,12);2*6-8H,1-5H3;2*6-7H,1-5H3;2*5-6H,1-4H3;4-6H,1-3H3. The molecule has 11 heterocycles. The molecule has 0 radical (unpaired) electrons. The van der Waals surface area contributed by atoms with Gasteiger partial charge in [-0.3, -0.25) is 29.0 Å². The summed E-state index contributed by atoms with van der Waals surface area (Å²) in [5.74, 6) is 4.03. The zero-order valence-corrected chi connectivity index (χ0v) is 96.9. The largest absolute Gasteiger partial charge is 0.368 e. The second kappa shape index (κ2) is 53.3. The van der Waals surface area contributed by atoms with Gasteiger partial charge in [-0.2, -0.15) is 15.3 Å².